The summed E-state index contributed by atoms with van der Waals surface area (Å²) in [6.07, 6.45) is 1.69. The maximum absolute atomic E-state index is 11.6. The first-order chi connectivity index (χ1) is 9.66. The Labute approximate surface area is 125 Å². The van der Waals surface area contributed by atoms with Crippen LogP contribution in [-0.4, -0.2) is 26.7 Å². The fourth-order valence-corrected chi connectivity index (χ4v) is 3.55. The predicted molar refractivity (Wildman–Crippen MR) is 80.6 cm³/mol. The molecule has 118 valence electrons. The number of nitrogens with two attached hydrogens (primary N) is 2. The number of ether oxygens (including phenoxy) is 2. The maximum atomic E-state index is 11.6. The average Bonchev–Trinajstić information content (AvgIpc) is 2.30. The second-order valence-corrected chi connectivity index (χ2v) is 7.19. The summed E-state index contributed by atoms with van der Waals surface area (Å²) in [6.45, 7) is 5.66. The summed E-state index contributed by atoms with van der Waals surface area (Å²) < 4.78 is 34.8. The van der Waals surface area contributed by atoms with Crippen LogP contribution >= 0.6 is 0 Å². The number of hydrogen-bond acceptors (Lipinski definition) is 5. The molecule has 0 radical (unpaired) electrons. The van der Waals surface area contributed by atoms with E-state index in [1.54, 1.807) is 13.0 Å². The summed E-state index contributed by atoms with van der Waals surface area (Å²) in [5.41, 5.74) is 6.56. The molecule has 0 saturated carbocycles. The molecule has 2 unspecified atom stereocenters. The van der Waals surface area contributed by atoms with Crippen molar-refractivity contribution in [3.63, 3.8) is 0 Å². The predicted octanol–water partition coefficient (Wildman–Crippen LogP) is 1.56. The molecule has 1 aromatic rings. The molecule has 4 N–H and O–H groups in total. The maximum Gasteiger partial charge on any atom is 0.238 e. The molecule has 0 amide bonds. The molecule has 1 aromatic carbocycles. The van der Waals surface area contributed by atoms with Crippen molar-refractivity contribution in [2.24, 2.45) is 5.14 Å². The van der Waals surface area contributed by atoms with Gasteiger partial charge in [-0.1, -0.05) is 0 Å². The van der Waals surface area contributed by atoms with Gasteiger partial charge in [0.25, 0.3) is 0 Å². The fourth-order valence-electron chi connectivity index (χ4n) is 2.72. The number of sulfonamides is 1. The number of hydrogen-bond donors (Lipinski definition) is 2. The molecule has 1 heterocycles. The van der Waals surface area contributed by atoms with Crippen LogP contribution in [0.2, 0.25) is 0 Å². The minimum atomic E-state index is -3.83. The number of anilines is 1. The molecule has 0 spiro atoms. The zero-order valence-electron chi connectivity index (χ0n) is 12.5. The molecule has 1 fully saturated rings. The van der Waals surface area contributed by atoms with Crippen LogP contribution in [0.15, 0.2) is 17.0 Å². The lowest BCUT2D eigenvalue weighted by atomic mass is 10.0. The Hall–Kier alpha value is -1.31. The molecular weight excluding hydrogens is 292 g/mol. The zero-order chi connectivity index (χ0) is 15.8. The van der Waals surface area contributed by atoms with E-state index in [4.69, 9.17) is 20.3 Å². The Morgan fingerprint density at radius 3 is 2.33 bits per heavy atom. The van der Waals surface area contributed by atoms with Gasteiger partial charge in [-0.05, 0) is 26.8 Å². The topological polar surface area (TPSA) is 105 Å². The molecule has 2 atom stereocenters. The minimum absolute atomic E-state index is 0.00524. The third-order valence-electron chi connectivity index (χ3n) is 3.59. The SMILES string of the molecule is Cc1c(OC2CC(C)OC(C)C2)cc(N)cc1S(N)(=O)=O. The molecule has 2 rings (SSSR count). The fraction of sp³-hybridized carbons (Fsp3) is 0.571. The van der Waals surface area contributed by atoms with Crippen LogP contribution in [0.4, 0.5) is 5.69 Å². The van der Waals surface area contributed by atoms with E-state index >= 15 is 0 Å². The van der Waals surface area contributed by atoms with Gasteiger partial charge in [0.15, 0.2) is 0 Å². The molecule has 1 aliphatic rings. The Balaban J connectivity index is 2.30. The average molecular weight is 314 g/mol. The molecule has 1 saturated heterocycles. The lowest BCUT2D eigenvalue weighted by Gasteiger charge is -2.32. The monoisotopic (exact) mass is 314 g/mol. The zero-order valence-corrected chi connectivity index (χ0v) is 13.3. The smallest absolute Gasteiger partial charge is 0.238 e. The van der Waals surface area contributed by atoms with Crippen LogP contribution in [-0.2, 0) is 14.8 Å². The summed E-state index contributed by atoms with van der Waals surface area (Å²) in [5.74, 6) is 0.463. The summed E-state index contributed by atoms with van der Waals surface area (Å²) in [4.78, 5) is 0.00524. The van der Waals surface area contributed by atoms with Crippen LogP contribution < -0.4 is 15.6 Å². The van der Waals surface area contributed by atoms with E-state index < -0.39 is 10.0 Å². The van der Waals surface area contributed by atoms with Gasteiger partial charge in [-0.15, -0.1) is 0 Å². The summed E-state index contributed by atoms with van der Waals surface area (Å²) >= 11 is 0. The Bertz CT molecular complexity index is 620. The summed E-state index contributed by atoms with van der Waals surface area (Å²) in [5, 5.41) is 5.21. The van der Waals surface area contributed by atoms with Gasteiger partial charge in [-0.25, -0.2) is 13.6 Å². The van der Waals surface area contributed by atoms with Gasteiger partial charge >= 0.3 is 0 Å². The normalized spacial score (nSPS) is 26.6. The third kappa shape index (κ3) is 3.87. The van der Waals surface area contributed by atoms with Crippen molar-refractivity contribution in [1.82, 2.24) is 0 Å². The van der Waals surface area contributed by atoms with Gasteiger partial charge in [0, 0.05) is 30.2 Å². The van der Waals surface area contributed by atoms with Gasteiger partial charge in [0.2, 0.25) is 10.0 Å². The number of rotatable bonds is 3. The summed E-state index contributed by atoms with van der Waals surface area (Å²) in [7, 11) is -3.83. The van der Waals surface area contributed by atoms with Crippen molar-refractivity contribution in [2.75, 3.05) is 5.73 Å². The molecule has 6 nitrogen and oxygen atoms in total. The highest BCUT2D eigenvalue weighted by atomic mass is 32.2. The first kappa shape index (κ1) is 16.1. The Kier molecular flexibility index (Phi) is 4.46. The van der Waals surface area contributed by atoms with E-state index in [2.05, 4.69) is 0 Å². The van der Waals surface area contributed by atoms with E-state index in [0.717, 1.165) is 12.8 Å². The molecule has 21 heavy (non-hydrogen) atoms. The van der Waals surface area contributed by atoms with Gasteiger partial charge in [-0.2, -0.15) is 0 Å². The van der Waals surface area contributed by atoms with Gasteiger partial charge in [0.05, 0.1) is 17.1 Å². The highest BCUT2D eigenvalue weighted by Crippen LogP contribution is 2.31. The summed E-state index contributed by atoms with van der Waals surface area (Å²) in [6, 6.07) is 2.99. The number of benzene rings is 1. The van der Waals surface area contributed by atoms with E-state index in [1.807, 2.05) is 13.8 Å². The molecule has 0 bridgehead atoms. The molecule has 7 heteroatoms. The van der Waals surface area contributed by atoms with E-state index in [1.165, 1.54) is 6.07 Å². The second-order valence-electron chi connectivity index (χ2n) is 5.66. The van der Waals surface area contributed by atoms with Gasteiger partial charge < -0.3 is 15.2 Å². The second kappa shape index (κ2) is 5.82. The molecular formula is C14H22N2O4S. The molecule has 0 aromatic heterocycles. The Morgan fingerprint density at radius 1 is 1.24 bits per heavy atom. The van der Waals surface area contributed by atoms with Crippen molar-refractivity contribution in [2.45, 2.75) is 56.8 Å². The van der Waals surface area contributed by atoms with Crippen molar-refractivity contribution in [3.8, 4) is 5.75 Å². The molecule has 1 aliphatic heterocycles. The standard InChI is InChI=1S/C14H22N2O4S/c1-8-4-12(5-9(2)19-8)20-13-6-11(15)7-14(10(13)3)21(16,17)18/h6-9,12H,4-5,15H2,1-3H3,(H2,16,17,18). The Morgan fingerprint density at radius 2 is 1.81 bits per heavy atom. The van der Waals surface area contributed by atoms with Crippen molar-refractivity contribution >= 4 is 15.7 Å². The largest absolute Gasteiger partial charge is 0.490 e. The van der Waals surface area contributed by atoms with Crippen LogP contribution in [0.5, 0.6) is 5.75 Å². The van der Waals surface area contributed by atoms with Gasteiger partial charge in [-0.3, -0.25) is 0 Å². The van der Waals surface area contributed by atoms with Crippen LogP contribution in [0, 0.1) is 6.92 Å². The van der Waals surface area contributed by atoms with Gasteiger partial charge in [0.1, 0.15) is 11.9 Å². The quantitative estimate of drug-likeness (QED) is 0.824. The lowest BCUT2D eigenvalue weighted by Crippen LogP contribution is -2.35. The van der Waals surface area contributed by atoms with Crippen molar-refractivity contribution in [3.05, 3.63) is 17.7 Å². The highest BCUT2D eigenvalue weighted by molar-refractivity contribution is 7.89. The number of nitrogen functional groups attached to an aromatic ring is 1. The van der Waals surface area contributed by atoms with Crippen molar-refractivity contribution < 1.29 is 17.9 Å². The first-order valence-corrected chi connectivity index (χ1v) is 8.46. The number of primary sulfonamides is 1. The van der Waals surface area contributed by atoms with Crippen LogP contribution in [0.3, 0.4) is 0 Å². The van der Waals surface area contributed by atoms with E-state index in [9.17, 15) is 8.42 Å². The highest BCUT2D eigenvalue weighted by Gasteiger charge is 2.27. The van der Waals surface area contributed by atoms with Crippen LogP contribution in [0.1, 0.15) is 32.3 Å². The molecule has 0 aliphatic carbocycles. The third-order valence-corrected chi connectivity index (χ3v) is 4.63. The van der Waals surface area contributed by atoms with Crippen LogP contribution in [0.25, 0.3) is 0 Å². The van der Waals surface area contributed by atoms with E-state index in [0.29, 0.717) is 17.0 Å². The van der Waals surface area contributed by atoms with E-state index in [-0.39, 0.29) is 23.2 Å². The van der Waals surface area contributed by atoms with Crippen molar-refractivity contribution in [1.29, 1.82) is 0 Å². The first-order valence-electron chi connectivity index (χ1n) is 6.92. The lowest BCUT2D eigenvalue weighted by molar-refractivity contribution is -0.0723. The minimum Gasteiger partial charge on any atom is -0.490 e.